The van der Waals surface area contributed by atoms with Crippen molar-refractivity contribution in [1.82, 2.24) is 20.4 Å². The van der Waals surface area contributed by atoms with Crippen LogP contribution >= 0.6 is 0 Å². The third kappa shape index (κ3) is 5.70. The maximum Gasteiger partial charge on any atom is 0.243 e. The van der Waals surface area contributed by atoms with E-state index < -0.39 is 0 Å². The molecule has 3 N–H and O–H groups in total. The van der Waals surface area contributed by atoms with Crippen molar-refractivity contribution in [2.75, 3.05) is 18.9 Å². The second kappa shape index (κ2) is 9.91. The van der Waals surface area contributed by atoms with Gasteiger partial charge in [0, 0.05) is 31.7 Å². The van der Waals surface area contributed by atoms with Gasteiger partial charge >= 0.3 is 0 Å². The average molecular weight is 376 g/mol. The standard InChI is InChI=1S/C21H24N6O/c1-22-21(24-15-20(28)26-19-10-3-2-4-11-19)23-14-17-8-5-6-9-18(17)16-27-13-7-12-25-27/h2-13H,14-16H2,1H3,(H,26,28)(H2,22,23,24). The first-order chi connectivity index (χ1) is 13.7. The molecule has 0 unspecified atom stereocenters. The highest BCUT2D eigenvalue weighted by Gasteiger charge is 2.06. The summed E-state index contributed by atoms with van der Waals surface area (Å²) in [5.74, 6) is 0.435. The predicted octanol–water partition coefficient (Wildman–Crippen LogP) is 2.24. The van der Waals surface area contributed by atoms with Crippen LogP contribution in [0.4, 0.5) is 5.69 Å². The number of guanidine groups is 1. The molecule has 0 aliphatic rings. The van der Waals surface area contributed by atoms with Gasteiger partial charge in [-0.15, -0.1) is 0 Å². The van der Waals surface area contributed by atoms with Gasteiger partial charge in [0.15, 0.2) is 5.96 Å². The van der Waals surface area contributed by atoms with Gasteiger partial charge in [-0.3, -0.25) is 14.5 Å². The number of aromatic nitrogens is 2. The van der Waals surface area contributed by atoms with E-state index in [4.69, 9.17) is 0 Å². The predicted molar refractivity (Wildman–Crippen MR) is 111 cm³/mol. The van der Waals surface area contributed by atoms with Gasteiger partial charge in [0.1, 0.15) is 0 Å². The molecule has 3 rings (SSSR count). The molecule has 7 heteroatoms. The van der Waals surface area contributed by atoms with Gasteiger partial charge in [0.05, 0.1) is 13.1 Å². The van der Waals surface area contributed by atoms with Crippen LogP contribution in [0.25, 0.3) is 0 Å². The van der Waals surface area contributed by atoms with Crippen molar-refractivity contribution < 1.29 is 4.79 Å². The SMILES string of the molecule is CN=C(NCC(=O)Nc1ccccc1)NCc1ccccc1Cn1cccn1. The molecule has 0 aliphatic heterocycles. The minimum Gasteiger partial charge on any atom is -0.352 e. The summed E-state index contributed by atoms with van der Waals surface area (Å²) in [6.45, 7) is 1.43. The molecule has 0 radical (unpaired) electrons. The van der Waals surface area contributed by atoms with Crippen LogP contribution in [0.2, 0.25) is 0 Å². The first-order valence-electron chi connectivity index (χ1n) is 9.08. The van der Waals surface area contributed by atoms with Crippen molar-refractivity contribution in [1.29, 1.82) is 0 Å². The second-order valence-corrected chi connectivity index (χ2v) is 6.17. The van der Waals surface area contributed by atoms with Crippen LogP contribution in [0.5, 0.6) is 0 Å². The van der Waals surface area contributed by atoms with E-state index in [1.54, 1.807) is 13.2 Å². The molecule has 1 heterocycles. The van der Waals surface area contributed by atoms with Gasteiger partial charge < -0.3 is 16.0 Å². The molecular weight excluding hydrogens is 352 g/mol. The Labute approximate surface area is 164 Å². The van der Waals surface area contributed by atoms with Crippen LogP contribution in [0.15, 0.2) is 78.0 Å². The lowest BCUT2D eigenvalue weighted by Gasteiger charge is -2.14. The van der Waals surface area contributed by atoms with Crippen molar-refractivity contribution >= 4 is 17.6 Å². The molecule has 0 saturated carbocycles. The maximum absolute atomic E-state index is 12.1. The monoisotopic (exact) mass is 376 g/mol. The number of nitrogens with zero attached hydrogens (tertiary/aromatic N) is 3. The summed E-state index contributed by atoms with van der Waals surface area (Å²) in [5.41, 5.74) is 3.09. The lowest BCUT2D eigenvalue weighted by atomic mass is 10.1. The van der Waals surface area contributed by atoms with Gasteiger partial charge in [0.25, 0.3) is 0 Å². The topological polar surface area (TPSA) is 83.3 Å². The number of anilines is 1. The maximum atomic E-state index is 12.1. The van der Waals surface area contributed by atoms with Gasteiger partial charge in [-0.05, 0) is 29.3 Å². The molecule has 0 aliphatic carbocycles. The number of aliphatic imine (C=N–C) groups is 1. The van der Waals surface area contributed by atoms with Crippen molar-refractivity contribution in [3.8, 4) is 0 Å². The third-order valence-electron chi connectivity index (χ3n) is 4.15. The Balaban J connectivity index is 1.51. The summed E-state index contributed by atoms with van der Waals surface area (Å²) in [6.07, 6.45) is 3.71. The largest absolute Gasteiger partial charge is 0.352 e. The fraction of sp³-hybridized carbons (Fsp3) is 0.190. The number of para-hydroxylation sites is 1. The molecule has 1 aromatic heterocycles. The van der Waals surface area contributed by atoms with Crippen LogP contribution in [0.3, 0.4) is 0 Å². The number of rotatable bonds is 7. The Hall–Kier alpha value is -3.61. The van der Waals surface area contributed by atoms with E-state index in [0.29, 0.717) is 19.0 Å². The minimum atomic E-state index is -0.131. The first-order valence-corrected chi connectivity index (χ1v) is 9.08. The summed E-state index contributed by atoms with van der Waals surface area (Å²) in [7, 11) is 1.68. The summed E-state index contributed by atoms with van der Waals surface area (Å²) in [5, 5.41) is 13.4. The molecule has 0 saturated heterocycles. The van der Waals surface area contributed by atoms with Gasteiger partial charge in [-0.25, -0.2) is 0 Å². The highest BCUT2D eigenvalue weighted by Crippen LogP contribution is 2.10. The minimum absolute atomic E-state index is 0.128. The number of amides is 1. The van der Waals surface area contributed by atoms with Crippen molar-refractivity contribution in [3.05, 3.63) is 84.2 Å². The van der Waals surface area contributed by atoms with Crippen molar-refractivity contribution in [2.24, 2.45) is 4.99 Å². The number of nitrogens with one attached hydrogen (secondary N) is 3. The lowest BCUT2D eigenvalue weighted by molar-refractivity contribution is -0.115. The fourth-order valence-electron chi connectivity index (χ4n) is 2.74. The Morgan fingerprint density at radius 2 is 1.75 bits per heavy atom. The smallest absolute Gasteiger partial charge is 0.243 e. The second-order valence-electron chi connectivity index (χ2n) is 6.17. The number of hydrogen-bond donors (Lipinski definition) is 3. The van der Waals surface area contributed by atoms with E-state index in [-0.39, 0.29) is 12.5 Å². The van der Waals surface area contributed by atoms with E-state index in [0.717, 1.165) is 11.3 Å². The summed E-state index contributed by atoms with van der Waals surface area (Å²) in [6, 6.07) is 19.5. The molecule has 7 nitrogen and oxygen atoms in total. The zero-order valence-electron chi connectivity index (χ0n) is 15.8. The number of hydrogen-bond acceptors (Lipinski definition) is 3. The van der Waals surface area contributed by atoms with Crippen molar-refractivity contribution in [2.45, 2.75) is 13.1 Å². The lowest BCUT2D eigenvalue weighted by Crippen LogP contribution is -2.41. The van der Waals surface area contributed by atoms with E-state index >= 15 is 0 Å². The van der Waals surface area contributed by atoms with Gasteiger partial charge in [-0.1, -0.05) is 42.5 Å². The Morgan fingerprint density at radius 3 is 2.46 bits per heavy atom. The van der Waals surface area contributed by atoms with Crippen LogP contribution in [-0.2, 0) is 17.9 Å². The van der Waals surface area contributed by atoms with Crippen LogP contribution in [-0.4, -0.2) is 35.2 Å². The van der Waals surface area contributed by atoms with Crippen LogP contribution in [0.1, 0.15) is 11.1 Å². The molecule has 1 amide bonds. The van der Waals surface area contributed by atoms with Gasteiger partial charge in [-0.2, -0.15) is 5.10 Å². The first kappa shape index (κ1) is 19.2. The number of carbonyl (C=O) groups is 1. The average Bonchev–Trinajstić information content (AvgIpc) is 3.23. The normalized spacial score (nSPS) is 11.1. The Morgan fingerprint density at radius 1 is 1.00 bits per heavy atom. The Bertz CT molecular complexity index is 906. The quantitative estimate of drug-likeness (QED) is 0.436. The summed E-state index contributed by atoms with van der Waals surface area (Å²) in [4.78, 5) is 16.3. The summed E-state index contributed by atoms with van der Waals surface area (Å²) < 4.78 is 1.89. The number of carbonyl (C=O) groups excluding carboxylic acids is 1. The van der Waals surface area contributed by atoms with Crippen LogP contribution < -0.4 is 16.0 Å². The third-order valence-corrected chi connectivity index (χ3v) is 4.15. The van der Waals surface area contributed by atoms with E-state index in [1.165, 1.54) is 5.56 Å². The molecule has 0 bridgehead atoms. The molecule has 2 aromatic carbocycles. The van der Waals surface area contributed by atoms with Crippen LogP contribution in [0, 0.1) is 0 Å². The molecule has 28 heavy (non-hydrogen) atoms. The molecule has 3 aromatic rings. The molecule has 144 valence electrons. The van der Waals surface area contributed by atoms with E-state index in [1.807, 2.05) is 59.4 Å². The van der Waals surface area contributed by atoms with E-state index in [9.17, 15) is 4.79 Å². The zero-order valence-corrected chi connectivity index (χ0v) is 15.8. The molecule has 0 fully saturated rings. The Kier molecular flexibility index (Phi) is 6.78. The fourth-order valence-corrected chi connectivity index (χ4v) is 2.74. The summed E-state index contributed by atoms with van der Waals surface area (Å²) >= 11 is 0. The zero-order chi connectivity index (χ0) is 19.6. The number of benzene rings is 2. The van der Waals surface area contributed by atoms with E-state index in [2.05, 4.69) is 38.2 Å². The van der Waals surface area contributed by atoms with Gasteiger partial charge in [0.2, 0.25) is 5.91 Å². The molecule has 0 spiro atoms. The molecular formula is C21H24N6O. The van der Waals surface area contributed by atoms with Crippen molar-refractivity contribution in [3.63, 3.8) is 0 Å². The molecule has 0 atom stereocenters. The highest BCUT2D eigenvalue weighted by molar-refractivity contribution is 5.94. The highest BCUT2D eigenvalue weighted by atomic mass is 16.1.